The summed E-state index contributed by atoms with van der Waals surface area (Å²) in [6.07, 6.45) is 0.667. The zero-order valence-corrected chi connectivity index (χ0v) is 14.1. The van der Waals surface area contributed by atoms with Gasteiger partial charge in [0, 0.05) is 25.6 Å². The lowest BCUT2D eigenvalue weighted by Crippen LogP contribution is -2.27. The van der Waals surface area contributed by atoms with Crippen LogP contribution in [0.4, 0.5) is 5.00 Å². The highest BCUT2D eigenvalue weighted by atomic mass is 32.1. The fraction of sp³-hybridized carbons (Fsp3) is 0.600. The largest absolute Gasteiger partial charge is 0.461 e. The number of methoxy groups -OCH3 is 1. The van der Waals surface area contributed by atoms with Crippen LogP contribution in [-0.4, -0.2) is 32.2 Å². The third kappa shape index (κ3) is 5.47. The molecule has 1 aromatic rings. The molecule has 1 amide bonds. The second-order valence-electron chi connectivity index (χ2n) is 5.81. The third-order valence-corrected chi connectivity index (χ3v) is 3.88. The van der Waals surface area contributed by atoms with Crippen LogP contribution in [0.1, 0.15) is 42.4 Å². The molecule has 0 spiro atoms. The molecule has 0 saturated heterocycles. The fourth-order valence-electron chi connectivity index (χ4n) is 1.48. The minimum atomic E-state index is -0.473. The Morgan fingerprint density at radius 3 is 2.52 bits per heavy atom. The van der Waals surface area contributed by atoms with Gasteiger partial charge in [0.2, 0.25) is 5.91 Å². The Labute approximate surface area is 129 Å². The molecule has 0 aliphatic heterocycles. The van der Waals surface area contributed by atoms with E-state index in [1.54, 1.807) is 13.2 Å². The number of hydrogen-bond donors (Lipinski definition) is 1. The van der Waals surface area contributed by atoms with Gasteiger partial charge in [0.15, 0.2) is 0 Å². The summed E-state index contributed by atoms with van der Waals surface area (Å²) >= 11 is 1.24. The van der Waals surface area contributed by atoms with Crippen molar-refractivity contribution in [3.63, 3.8) is 0 Å². The molecule has 5 nitrogen and oxygen atoms in total. The molecule has 0 unspecified atom stereocenters. The van der Waals surface area contributed by atoms with E-state index in [9.17, 15) is 9.59 Å². The number of nitrogens with one attached hydrogen (secondary N) is 1. The molecule has 1 aromatic heterocycles. The van der Waals surface area contributed by atoms with E-state index in [0.717, 1.165) is 5.56 Å². The Balaban J connectivity index is 2.65. The van der Waals surface area contributed by atoms with Crippen LogP contribution in [0, 0.1) is 12.3 Å². The van der Waals surface area contributed by atoms with Crippen molar-refractivity contribution in [2.45, 2.75) is 34.1 Å². The summed E-state index contributed by atoms with van der Waals surface area (Å²) in [7, 11) is 1.61. The summed E-state index contributed by atoms with van der Waals surface area (Å²) < 4.78 is 10.1. The normalized spacial score (nSPS) is 11.3. The topological polar surface area (TPSA) is 64.6 Å². The van der Waals surface area contributed by atoms with Crippen molar-refractivity contribution in [3.05, 3.63) is 16.5 Å². The predicted octanol–water partition coefficient (Wildman–Crippen LogP) is 3.23. The Morgan fingerprint density at radius 1 is 1.29 bits per heavy atom. The second-order valence-corrected chi connectivity index (χ2v) is 6.86. The number of rotatable bonds is 6. The van der Waals surface area contributed by atoms with Crippen molar-refractivity contribution < 1.29 is 19.1 Å². The Morgan fingerprint density at radius 2 is 1.95 bits per heavy atom. The zero-order valence-electron chi connectivity index (χ0n) is 13.2. The lowest BCUT2D eigenvalue weighted by atomic mass is 9.96. The second kappa shape index (κ2) is 7.56. The summed E-state index contributed by atoms with van der Waals surface area (Å²) in [4.78, 5) is 24.4. The van der Waals surface area contributed by atoms with Crippen molar-refractivity contribution in [3.8, 4) is 0 Å². The average Bonchev–Trinajstić information content (AvgIpc) is 2.74. The number of aryl methyl sites for hydroxylation is 1. The molecular formula is C15H23NO4S. The molecule has 1 N–H and O–H groups in total. The first-order valence-corrected chi connectivity index (χ1v) is 7.65. The van der Waals surface area contributed by atoms with Crippen LogP contribution in [0.15, 0.2) is 6.07 Å². The van der Waals surface area contributed by atoms with Gasteiger partial charge in [0.1, 0.15) is 4.88 Å². The highest BCUT2D eigenvalue weighted by molar-refractivity contribution is 7.18. The Hall–Kier alpha value is -1.40. The molecular weight excluding hydrogens is 290 g/mol. The van der Waals surface area contributed by atoms with Gasteiger partial charge >= 0.3 is 5.97 Å². The van der Waals surface area contributed by atoms with Crippen molar-refractivity contribution in [2.24, 2.45) is 5.41 Å². The standard InChI is InChI=1S/C15H23NO4S/c1-10-9-11(16-14(18)15(2,3)4)21-12(10)13(17)20-8-6-7-19-5/h9H,6-8H2,1-5H3,(H,16,18). The summed E-state index contributed by atoms with van der Waals surface area (Å²) in [5.41, 5.74) is 0.333. The SMILES string of the molecule is COCCCOC(=O)c1sc(NC(=O)C(C)(C)C)cc1C. The highest BCUT2D eigenvalue weighted by Gasteiger charge is 2.23. The number of carbonyl (C=O) groups excluding carboxylic acids is 2. The van der Waals surface area contributed by atoms with Gasteiger partial charge in [-0.2, -0.15) is 0 Å². The monoisotopic (exact) mass is 313 g/mol. The first-order valence-electron chi connectivity index (χ1n) is 6.83. The van der Waals surface area contributed by atoms with E-state index in [2.05, 4.69) is 5.32 Å². The van der Waals surface area contributed by atoms with Gasteiger partial charge < -0.3 is 14.8 Å². The van der Waals surface area contributed by atoms with Gasteiger partial charge in [-0.25, -0.2) is 4.79 Å². The molecule has 0 aliphatic rings. The molecule has 0 bridgehead atoms. The van der Waals surface area contributed by atoms with Crippen molar-refractivity contribution >= 4 is 28.2 Å². The Bertz CT molecular complexity index is 502. The van der Waals surface area contributed by atoms with Gasteiger partial charge in [-0.1, -0.05) is 20.8 Å². The van der Waals surface area contributed by atoms with Crippen molar-refractivity contribution in [1.29, 1.82) is 0 Å². The molecule has 0 saturated carbocycles. The molecule has 1 heterocycles. The van der Waals surface area contributed by atoms with Crippen LogP contribution < -0.4 is 5.32 Å². The maximum Gasteiger partial charge on any atom is 0.348 e. The minimum Gasteiger partial charge on any atom is -0.461 e. The van der Waals surface area contributed by atoms with Crippen LogP contribution in [0.3, 0.4) is 0 Å². The number of hydrogen-bond acceptors (Lipinski definition) is 5. The van der Waals surface area contributed by atoms with Crippen LogP contribution in [0.25, 0.3) is 0 Å². The molecule has 1 rings (SSSR count). The van der Waals surface area contributed by atoms with Crippen molar-refractivity contribution in [2.75, 3.05) is 25.6 Å². The number of anilines is 1. The zero-order chi connectivity index (χ0) is 16.0. The van der Waals surface area contributed by atoms with E-state index in [1.807, 2.05) is 27.7 Å². The van der Waals surface area contributed by atoms with E-state index in [-0.39, 0.29) is 11.9 Å². The number of ether oxygens (including phenoxy) is 2. The molecule has 118 valence electrons. The molecule has 0 radical (unpaired) electrons. The van der Waals surface area contributed by atoms with Crippen LogP contribution in [-0.2, 0) is 14.3 Å². The summed E-state index contributed by atoms with van der Waals surface area (Å²) in [5, 5.41) is 3.49. The smallest absolute Gasteiger partial charge is 0.348 e. The van der Waals surface area contributed by atoms with Gasteiger partial charge in [0.05, 0.1) is 11.6 Å². The fourth-order valence-corrected chi connectivity index (χ4v) is 2.44. The first kappa shape index (κ1) is 17.7. The molecule has 0 fully saturated rings. The minimum absolute atomic E-state index is 0.0799. The predicted molar refractivity (Wildman–Crippen MR) is 83.9 cm³/mol. The van der Waals surface area contributed by atoms with E-state index in [4.69, 9.17) is 9.47 Å². The molecule has 0 aromatic carbocycles. The average molecular weight is 313 g/mol. The molecule has 0 aliphatic carbocycles. The van der Waals surface area contributed by atoms with Crippen molar-refractivity contribution in [1.82, 2.24) is 0 Å². The lowest BCUT2D eigenvalue weighted by Gasteiger charge is -2.16. The van der Waals surface area contributed by atoms with Gasteiger partial charge in [-0.3, -0.25) is 4.79 Å². The number of amides is 1. The Kier molecular flexibility index (Phi) is 6.36. The highest BCUT2D eigenvalue weighted by Crippen LogP contribution is 2.29. The van der Waals surface area contributed by atoms with Gasteiger partial charge in [-0.15, -0.1) is 11.3 Å². The van der Waals surface area contributed by atoms with Crippen LogP contribution >= 0.6 is 11.3 Å². The van der Waals surface area contributed by atoms with Gasteiger partial charge in [-0.05, 0) is 18.6 Å². The summed E-state index contributed by atoms with van der Waals surface area (Å²) in [6.45, 7) is 8.24. The quantitative estimate of drug-likeness (QED) is 0.647. The van der Waals surface area contributed by atoms with E-state index >= 15 is 0 Å². The van der Waals surface area contributed by atoms with E-state index in [1.165, 1.54) is 11.3 Å². The van der Waals surface area contributed by atoms with E-state index < -0.39 is 5.41 Å². The van der Waals surface area contributed by atoms with Gasteiger partial charge in [0.25, 0.3) is 0 Å². The molecule has 6 heteroatoms. The first-order chi connectivity index (χ1) is 9.75. The summed E-state index contributed by atoms with van der Waals surface area (Å²) in [6, 6.07) is 1.79. The maximum atomic E-state index is 12.0. The molecule has 21 heavy (non-hydrogen) atoms. The lowest BCUT2D eigenvalue weighted by molar-refractivity contribution is -0.123. The van der Waals surface area contributed by atoms with Crippen LogP contribution in [0.2, 0.25) is 0 Å². The third-order valence-electron chi connectivity index (χ3n) is 2.75. The number of thiophene rings is 1. The van der Waals surface area contributed by atoms with Crippen LogP contribution in [0.5, 0.6) is 0 Å². The number of carbonyl (C=O) groups is 2. The summed E-state index contributed by atoms with van der Waals surface area (Å²) in [5.74, 6) is -0.436. The van der Waals surface area contributed by atoms with E-state index in [0.29, 0.717) is 29.5 Å². The maximum absolute atomic E-state index is 12.0. The number of esters is 1. The molecule has 0 atom stereocenters.